The van der Waals surface area contributed by atoms with Crippen LogP contribution in [-0.2, 0) is 6.18 Å². The minimum atomic E-state index is -4.65. The van der Waals surface area contributed by atoms with Crippen LogP contribution in [0.2, 0.25) is 0 Å². The van der Waals surface area contributed by atoms with E-state index in [1.165, 1.54) is 18.2 Å². The summed E-state index contributed by atoms with van der Waals surface area (Å²) in [5.74, 6) is -1.42. The molecule has 0 atom stereocenters. The monoisotopic (exact) mass is 361 g/mol. The van der Waals surface area contributed by atoms with E-state index in [0.29, 0.717) is 0 Å². The SMILES string of the molecule is O=C(Nc1ccc(F)cc1)c1ccc(Br)cc1C(F)(F)F. The Morgan fingerprint density at radius 3 is 2.24 bits per heavy atom. The second kappa shape index (κ2) is 5.85. The van der Waals surface area contributed by atoms with Gasteiger partial charge in [-0.25, -0.2) is 4.39 Å². The Bertz CT molecular complexity index is 668. The summed E-state index contributed by atoms with van der Waals surface area (Å²) in [6.45, 7) is 0. The number of amides is 1. The second-order valence-corrected chi connectivity index (χ2v) is 5.06. The summed E-state index contributed by atoms with van der Waals surface area (Å²) in [6.07, 6.45) is -4.65. The topological polar surface area (TPSA) is 29.1 Å². The van der Waals surface area contributed by atoms with Crippen molar-refractivity contribution in [1.29, 1.82) is 0 Å². The lowest BCUT2D eigenvalue weighted by atomic mass is 10.1. The highest BCUT2D eigenvalue weighted by molar-refractivity contribution is 9.10. The minimum Gasteiger partial charge on any atom is -0.322 e. The molecular weight excluding hydrogens is 354 g/mol. The lowest BCUT2D eigenvalue weighted by Crippen LogP contribution is -2.18. The van der Waals surface area contributed by atoms with Gasteiger partial charge in [0.1, 0.15) is 5.82 Å². The zero-order valence-corrected chi connectivity index (χ0v) is 11.9. The lowest BCUT2D eigenvalue weighted by Gasteiger charge is -2.13. The van der Waals surface area contributed by atoms with E-state index in [1.807, 2.05) is 0 Å². The van der Waals surface area contributed by atoms with Crippen molar-refractivity contribution in [2.45, 2.75) is 6.18 Å². The molecule has 2 aromatic carbocycles. The molecule has 2 rings (SSSR count). The molecule has 1 amide bonds. The van der Waals surface area contributed by atoms with E-state index in [2.05, 4.69) is 21.2 Å². The van der Waals surface area contributed by atoms with Crippen LogP contribution in [0, 0.1) is 5.82 Å². The van der Waals surface area contributed by atoms with Gasteiger partial charge in [-0.2, -0.15) is 13.2 Å². The highest BCUT2D eigenvalue weighted by Crippen LogP contribution is 2.34. The molecule has 2 nitrogen and oxygen atoms in total. The third-order valence-electron chi connectivity index (χ3n) is 2.63. The van der Waals surface area contributed by atoms with Crippen molar-refractivity contribution in [3.05, 3.63) is 63.9 Å². The maximum Gasteiger partial charge on any atom is 0.417 e. The van der Waals surface area contributed by atoms with Crippen molar-refractivity contribution in [2.75, 3.05) is 5.32 Å². The van der Waals surface area contributed by atoms with Crippen LogP contribution in [0.25, 0.3) is 0 Å². The first-order valence-corrected chi connectivity index (χ1v) is 6.50. The van der Waals surface area contributed by atoms with E-state index < -0.39 is 29.0 Å². The zero-order chi connectivity index (χ0) is 15.6. The van der Waals surface area contributed by atoms with E-state index in [-0.39, 0.29) is 10.2 Å². The lowest BCUT2D eigenvalue weighted by molar-refractivity contribution is -0.137. The first kappa shape index (κ1) is 15.5. The number of rotatable bonds is 2. The van der Waals surface area contributed by atoms with Gasteiger partial charge in [-0.15, -0.1) is 0 Å². The number of hydrogen-bond acceptors (Lipinski definition) is 1. The van der Waals surface area contributed by atoms with Gasteiger partial charge in [0.2, 0.25) is 0 Å². The Morgan fingerprint density at radius 1 is 1.05 bits per heavy atom. The Balaban J connectivity index is 2.33. The van der Waals surface area contributed by atoms with Gasteiger partial charge in [0.05, 0.1) is 11.1 Å². The Hall–Kier alpha value is -1.89. The molecule has 0 spiro atoms. The van der Waals surface area contributed by atoms with Gasteiger partial charge < -0.3 is 5.32 Å². The molecule has 0 heterocycles. The number of halogens is 5. The number of carbonyl (C=O) groups is 1. The summed E-state index contributed by atoms with van der Waals surface area (Å²) >= 11 is 2.94. The molecular formula is C14H8BrF4NO. The van der Waals surface area contributed by atoms with Gasteiger partial charge in [0.25, 0.3) is 5.91 Å². The number of nitrogens with one attached hydrogen (secondary N) is 1. The van der Waals surface area contributed by atoms with Crippen molar-refractivity contribution in [3.8, 4) is 0 Å². The summed E-state index contributed by atoms with van der Waals surface area (Å²) in [5.41, 5.74) is -1.34. The van der Waals surface area contributed by atoms with Gasteiger partial charge in [-0.05, 0) is 42.5 Å². The first-order valence-electron chi connectivity index (χ1n) is 5.71. The number of benzene rings is 2. The summed E-state index contributed by atoms with van der Waals surface area (Å²) < 4.78 is 51.8. The van der Waals surface area contributed by atoms with Crippen LogP contribution in [0.4, 0.5) is 23.2 Å². The molecule has 0 saturated heterocycles. The Labute approximate surface area is 125 Å². The Kier molecular flexibility index (Phi) is 4.32. The minimum absolute atomic E-state index is 0.206. The van der Waals surface area contributed by atoms with Gasteiger partial charge in [0.15, 0.2) is 0 Å². The molecule has 0 bridgehead atoms. The molecule has 0 unspecified atom stereocenters. The predicted molar refractivity (Wildman–Crippen MR) is 73.5 cm³/mol. The molecule has 0 radical (unpaired) electrons. The summed E-state index contributed by atoms with van der Waals surface area (Å²) in [4.78, 5) is 12.0. The summed E-state index contributed by atoms with van der Waals surface area (Å²) in [6, 6.07) is 7.97. The molecule has 21 heavy (non-hydrogen) atoms. The molecule has 0 aliphatic rings. The van der Waals surface area contributed by atoms with Gasteiger partial charge >= 0.3 is 6.18 Å². The van der Waals surface area contributed by atoms with Crippen LogP contribution in [0.5, 0.6) is 0 Å². The number of anilines is 1. The number of alkyl halides is 3. The van der Waals surface area contributed by atoms with Crippen molar-refractivity contribution in [1.82, 2.24) is 0 Å². The normalized spacial score (nSPS) is 11.3. The molecule has 7 heteroatoms. The highest BCUT2D eigenvalue weighted by Gasteiger charge is 2.35. The first-order chi connectivity index (χ1) is 9.77. The van der Waals surface area contributed by atoms with Crippen LogP contribution in [-0.4, -0.2) is 5.91 Å². The fraction of sp³-hybridized carbons (Fsp3) is 0.0714. The Morgan fingerprint density at radius 2 is 1.67 bits per heavy atom. The van der Waals surface area contributed by atoms with E-state index in [0.717, 1.165) is 24.3 Å². The van der Waals surface area contributed by atoms with Crippen molar-refractivity contribution < 1.29 is 22.4 Å². The van der Waals surface area contributed by atoms with E-state index in [9.17, 15) is 22.4 Å². The maximum atomic E-state index is 12.9. The third kappa shape index (κ3) is 3.81. The standard InChI is InChI=1S/C14H8BrF4NO/c15-8-1-6-11(12(7-8)14(17,18)19)13(21)20-10-4-2-9(16)3-5-10/h1-7H,(H,20,21). The van der Waals surface area contributed by atoms with Crippen molar-refractivity contribution >= 4 is 27.5 Å². The maximum absolute atomic E-state index is 12.9. The van der Waals surface area contributed by atoms with E-state index in [1.54, 1.807) is 0 Å². The fourth-order valence-corrected chi connectivity index (χ4v) is 2.04. The van der Waals surface area contributed by atoms with Crippen LogP contribution in [0.1, 0.15) is 15.9 Å². The molecule has 110 valence electrons. The fourth-order valence-electron chi connectivity index (χ4n) is 1.68. The largest absolute Gasteiger partial charge is 0.417 e. The summed E-state index contributed by atoms with van der Waals surface area (Å²) in [5, 5.41) is 2.30. The van der Waals surface area contributed by atoms with Crippen LogP contribution < -0.4 is 5.32 Å². The van der Waals surface area contributed by atoms with Crippen LogP contribution >= 0.6 is 15.9 Å². The van der Waals surface area contributed by atoms with Crippen molar-refractivity contribution in [3.63, 3.8) is 0 Å². The average Bonchev–Trinajstić information content (AvgIpc) is 2.40. The highest BCUT2D eigenvalue weighted by atomic mass is 79.9. The number of carbonyl (C=O) groups excluding carboxylic acids is 1. The molecule has 0 aliphatic carbocycles. The third-order valence-corrected chi connectivity index (χ3v) is 3.13. The molecule has 0 fully saturated rings. The smallest absolute Gasteiger partial charge is 0.322 e. The molecule has 0 saturated carbocycles. The molecule has 0 aliphatic heterocycles. The zero-order valence-electron chi connectivity index (χ0n) is 10.3. The van der Waals surface area contributed by atoms with Crippen LogP contribution in [0.15, 0.2) is 46.9 Å². The quantitative estimate of drug-likeness (QED) is 0.760. The molecule has 1 N–H and O–H groups in total. The molecule has 2 aromatic rings. The summed E-state index contributed by atoms with van der Waals surface area (Å²) in [7, 11) is 0. The average molecular weight is 362 g/mol. The van der Waals surface area contributed by atoms with Gasteiger partial charge in [-0.3, -0.25) is 4.79 Å². The van der Waals surface area contributed by atoms with Crippen molar-refractivity contribution in [2.24, 2.45) is 0 Å². The molecule has 0 aromatic heterocycles. The number of hydrogen-bond donors (Lipinski definition) is 1. The van der Waals surface area contributed by atoms with Gasteiger partial charge in [0, 0.05) is 10.2 Å². The predicted octanol–water partition coefficient (Wildman–Crippen LogP) is 4.86. The van der Waals surface area contributed by atoms with E-state index in [4.69, 9.17) is 0 Å². The van der Waals surface area contributed by atoms with Crippen LogP contribution in [0.3, 0.4) is 0 Å². The second-order valence-electron chi connectivity index (χ2n) is 4.15. The van der Waals surface area contributed by atoms with E-state index >= 15 is 0 Å². The van der Waals surface area contributed by atoms with Gasteiger partial charge in [-0.1, -0.05) is 15.9 Å².